The summed E-state index contributed by atoms with van der Waals surface area (Å²) in [5.41, 5.74) is 1.01. The van der Waals surface area contributed by atoms with Crippen LogP contribution < -0.4 is 5.32 Å². The van der Waals surface area contributed by atoms with Crippen LogP contribution in [0.25, 0.3) is 0 Å². The lowest BCUT2D eigenvalue weighted by atomic mass is 10.1. The summed E-state index contributed by atoms with van der Waals surface area (Å²) in [6.45, 7) is 1.58. The number of rotatable bonds is 3. The van der Waals surface area contributed by atoms with E-state index in [1.807, 2.05) is 16.3 Å². The van der Waals surface area contributed by atoms with E-state index in [4.69, 9.17) is 11.6 Å². The third-order valence-corrected chi connectivity index (χ3v) is 4.80. The van der Waals surface area contributed by atoms with Crippen LogP contribution in [0.3, 0.4) is 0 Å². The number of nitrogens with one attached hydrogen (secondary N) is 1. The van der Waals surface area contributed by atoms with Crippen molar-refractivity contribution >= 4 is 40.4 Å². The number of thiophene rings is 1. The molecule has 114 valence electrons. The van der Waals surface area contributed by atoms with Crippen LogP contribution in [0, 0.1) is 0 Å². The number of amides is 2. The highest BCUT2D eigenvalue weighted by molar-refractivity contribution is 7.12. The Kier molecular flexibility index (Phi) is 4.45. The maximum atomic E-state index is 12.4. The number of anilines is 1. The van der Waals surface area contributed by atoms with Crippen molar-refractivity contribution < 1.29 is 9.59 Å². The molecule has 0 aliphatic carbocycles. The van der Waals surface area contributed by atoms with Gasteiger partial charge in [-0.3, -0.25) is 9.59 Å². The predicted molar refractivity (Wildman–Crippen MR) is 88.9 cm³/mol. The minimum absolute atomic E-state index is 0.0132. The van der Waals surface area contributed by atoms with Gasteiger partial charge in [0.1, 0.15) is 0 Å². The molecule has 1 fully saturated rings. The van der Waals surface area contributed by atoms with Crippen molar-refractivity contribution in [2.75, 3.05) is 18.4 Å². The van der Waals surface area contributed by atoms with Crippen LogP contribution in [-0.4, -0.2) is 29.8 Å². The molecule has 0 radical (unpaired) electrons. The first kappa shape index (κ1) is 15.1. The molecule has 2 heterocycles. The molecule has 2 aromatic rings. The molecular weight excluding hydrogens is 320 g/mol. The Morgan fingerprint density at radius 2 is 1.95 bits per heavy atom. The second kappa shape index (κ2) is 6.50. The number of carbonyl (C=O) groups excluding carboxylic acids is 2. The molecule has 0 spiro atoms. The van der Waals surface area contributed by atoms with E-state index >= 15 is 0 Å². The van der Waals surface area contributed by atoms with Gasteiger partial charge in [0.05, 0.1) is 15.6 Å². The Balaban J connectivity index is 1.80. The first-order valence-electron chi connectivity index (χ1n) is 7.09. The van der Waals surface area contributed by atoms with E-state index in [0.29, 0.717) is 21.2 Å². The monoisotopic (exact) mass is 334 g/mol. The van der Waals surface area contributed by atoms with Crippen molar-refractivity contribution in [3.63, 3.8) is 0 Å². The Morgan fingerprint density at radius 1 is 1.18 bits per heavy atom. The van der Waals surface area contributed by atoms with Crippen LogP contribution in [0.15, 0.2) is 35.7 Å². The van der Waals surface area contributed by atoms with E-state index in [-0.39, 0.29) is 11.8 Å². The summed E-state index contributed by atoms with van der Waals surface area (Å²) in [6.07, 6.45) is 2.09. The van der Waals surface area contributed by atoms with E-state index in [0.717, 1.165) is 25.9 Å². The maximum Gasteiger partial charge on any atom is 0.265 e. The average Bonchev–Trinajstić information content (AvgIpc) is 3.22. The number of halogens is 1. The molecule has 1 aliphatic heterocycles. The van der Waals surface area contributed by atoms with Crippen LogP contribution >= 0.6 is 22.9 Å². The fraction of sp³-hybridized carbons (Fsp3) is 0.250. The SMILES string of the molecule is O=C(Nc1cc(C(=O)N2CCCC2)ccc1Cl)c1cccs1. The van der Waals surface area contributed by atoms with E-state index in [9.17, 15) is 9.59 Å². The van der Waals surface area contributed by atoms with E-state index in [2.05, 4.69) is 5.32 Å². The topological polar surface area (TPSA) is 49.4 Å². The minimum Gasteiger partial charge on any atom is -0.339 e. The number of likely N-dealkylation sites (tertiary alicyclic amines) is 1. The zero-order valence-corrected chi connectivity index (χ0v) is 13.4. The number of carbonyl (C=O) groups is 2. The molecule has 0 atom stereocenters. The van der Waals surface area contributed by atoms with Crippen molar-refractivity contribution in [2.45, 2.75) is 12.8 Å². The first-order valence-corrected chi connectivity index (χ1v) is 8.34. The summed E-state index contributed by atoms with van der Waals surface area (Å²) >= 11 is 7.49. The molecule has 2 amide bonds. The summed E-state index contributed by atoms with van der Waals surface area (Å²) in [5.74, 6) is -0.233. The Hall–Kier alpha value is -1.85. The smallest absolute Gasteiger partial charge is 0.265 e. The highest BCUT2D eigenvalue weighted by Gasteiger charge is 2.20. The third kappa shape index (κ3) is 3.15. The largest absolute Gasteiger partial charge is 0.339 e. The van der Waals surface area contributed by atoms with Gasteiger partial charge in [-0.2, -0.15) is 0 Å². The van der Waals surface area contributed by atoms with Crippen molar-refractivity contribution in [3.8, 4) is 0 Å². The molecular formula is C16H15ClN2O2S. The highest BCUT2D eigenvalue weighted by atomic mass is 35.5. The van der Waals surface area contributed by atoms with Crippen molar-refractivity contribution in [1.82, 2.24) is 4.90 Å². The quantitative estimate of drug-likeness (QED) is 0.925. The van der Waals surface area contributed by atoms with Gasteiger partial charge >= 0.3 is 0 Å². The highest BCUT2D eigenvalue weighted by Crippen LogP contribution is 2.25. The molecule has 1 aliphatic rings. The molecule has 0 saturated carbocycles. The molecule has 4 nitrogen and oxygen atoms in total. The molecule has 0 unspecified atom stereocenters. The zero-order valence-electron chi connectivity index (χ0n) is 11.8. The third-order valence-electron chi connectivity index (χ3n) is 3.60. The van der Waals surface area contributed by atoms with Crippen molar-refractivity contribution in [3.05, 3.63) is 51.2 Å². The molecule has 1 aromatic carbocycles. The Bertz CT molecular complexity index is 694. The van der Waals surface area contributed by atoms with Gasteiger partial charge in [-0.1, -0.05) is 17.7 Å². The van der Waals surface area contributed by atoms with Crippen molar-refractivity contribution in [2.24, 2.45) is 0 Å². The van der Waals surface area contributed by atoms with Gasteiger partial charge in [-0.05, 0) is 42.5 Å². The van der Waals surface area contributed by atoms with E-state index < -0.39 is 0 Å². The number of nitrogens with zero attached hydrogens (tertiary/aromatic N) is 1. The van der Waals surface area contributed by atoms with Crippen LogP contribution in [0.5, 0.6) is 0 Å². The normalized spacial score (nSPS) is 14.1. The number of benzene rings is 1. The minimum atomic E-state index is -0.220. The Labute approximate surface area is 137 Å². The Morgan fingerprint density at radius 3 is 2.64 bits per heavy atom. The summed E-state index contributed by atoms with van der Waals surface area (Å²) in [4.78, 5) is 26.9. The van der Waals surface area contributed by atoms with E-state index in [1.54, 1.807) is 24.3 Å². The van der Waals surface area contributed by atoms with Gasteiger partial charge in [-0.15, -0.1) is 11.3 Å². The van der Waals surface area contributed by atoms with Gasteiger partial charge in [0.15, 0.2) is 0 Å². The number of hydrogen-bond donors (Lipinski definition) is 1. The summed E-state index contributed by atoms with van der Waals surface area (Å²) < 4.78 is 0. The fourth-order valence-corrected chi connectivity index (χ4v) is 3.23. The number of hydrogen-bond acceptors (Lipinski definition) is 3. The average molecular weight is 335 g/mol. The molecule has 1 aromatic heterocycles. The molecule has 0 bridgehead atoms. The standard InChI is InChI=1S/C16H15ClN2O2S/c17-12-6-5-11(16(21)19-7-1-2-8-19)10-13(12)18-15(20)14-4-3-9-22-14/h3-6,9-10H,1-2,7-8H2,(H,18,20). The zero-order chi connectivity index (χ0) is 15.5. The van der Waals surface area contributed by atoms with Crippen molar-refractivity contribution in [1.29, 1.82) is 0 Å². The molecule has 1 saturated heterocycles. The second-order valence-electron chi connectivity index (χ2n) is 5.13. The predicted octanol–water partition coefficient (Wildman–Crippen LogP) is 3.89. The van der Waals surface area contributed by atoms with Crippen LogP contribution in [0.2, 0.25) is 5.02 Å². The summed E-state index contributed by atoms with van der Waals surface area (Å²) in [6, 6.07) is 8.55. The van der Waals surface area contributed by atoms with Gasteiger partial charge < -0.3 is 10.2 Å². The lowest BCUT2D eigenvalue weighted by molar-refractivity contribution is 0.0792. The second-order valence-corrected chi connectivity index (χ2v) is 6.48. The van der Waals surface area contributed by atoms with Gasteiger partial charge in [0, 0.05) is 18.7 Å². The maximum absolute atomic E-state index is 12.4. The van der Waals surface area contributed by atoms with Gasteiger partial charge in [-0.25, -0.2) is 0 Å². The van der Waals surface area contributed by atoms with Crippen LogP contribution in [-0.2, 0) is 0 Å². The summed E-state index contributed by atoms with van der Waals surface area (Å²) in [5, 5.41) is 5.02. The lowest BCUT2D eigenvalue weighted by Crippen LogP contribution is -2.27. The lowest BCUT2D eigenvalue weighted by Gasteiger charge is -2.16. The van der Waals surface area contributed by atoms with Crippen LogP contribution in [0.1, 0.15) is 32.9 Å². The first-order chi connectivity index (χ1) is 10.6. The van der Waals surface area contributed by atoms with Crippen LogP contribution in [0.4, 0.5) is 5.69 Å². The summed E-state index contributed by atoms with van der Waals surface area (Å²) in [7, 11) is 0. The molecule has 22 heavy (non-hydrogen) atoms. The van der Waals surface area contributed by atoms with Gasteiger partial charge in [0.25, 0.3) is 11.8 Å². The fourth-order valence-electron chi connectivity index (χ4n) is 2.45. The molecule has 6 heteroatoms. The van der Waals surface area contributed by atoms with E-state index in [1.165, 1.54) is 11.3 Å². The molecule has 3 rings (SSSR count). The van der Waals surface area contributed by atoms with Gasteiger partial charge in [0.2, 0.25) is 0 Å². The molecule has 1 N–H and O–H groups in total.